The van der Waals surface area contributed by atoms with Crippen molar-refractivity contribution in [3.8, 4) is 5.82 Å². The van der Waals surface area contributed by atoms with E-state index in [4.69, 9.17) is 16.7 Å². The zero-order valence-electron chi connectivity index (χ0n) is 9.02. The third kappa shape index (κ3) is 2.84. The Balaban J connectivity index is 2.47. The lowest BCUT2D eigenvalue weighted by atomic mass is 10.2. The predicted molar refractivity (Wildman–Crippen MR) is 58.3 cm³/mol. The van der Waals surface area contributed by atoms with E-state index >= 15 is 0 Å². The molecule has 9 heteroatoms. The number of carboxylic acid groups (broad SMARTS) is 1. The van der Waals surface area contributed by atoms with Crippen LogP contribution in [0.4, 0.5) is 13.2 Å². The van der Waals surface area contributed by atoms with E-state index in [1.807, 2.05) is 0 Å². The van der Waals surface area contributed by atoms with Gasteiger partial charge in [-0.05, 0) is 12.1 Å². The molecule has 5 nitrogen and oxygen atoms in total. The Kier molecular flexibility index (Phi) is 3.19. The average molecular weight is 292 g/mol. The fourth-order valence-electron chi connectivity index (χ4n) is 1.32. The first-order valence-corrected chi connectivity index (χ1v) is 5.18. The molecule has 2 heterocycles. The molecule has 100 valence electrons. The standard InChI is InChI=1S/C10H5ClF3N3O2/c11-7-1-5(9(18)19)2-8(16-7)17-4-6(3-15-17)10(12,13)14/h1-4H,(H,18,19). The smallest absolute Gasteiger partial charge is 0.419 e. The van der Waals surface area contributed by atoms with Gasteiger partial charge in [-0.15, -0.1) is 0 Å². The van der Waals surface area contributed by atoms with Crippen molar-refractivity contribution < 1.29 is 23.1 Å². The Labute approximate surface area is 109 Å². The molecule has 2 aromatic heterocycles. The second-order valence-electron chi connectivity index (χ2n) is 3.51. The van der Waals surface area contributed by atoms with Gasteiger partial charge in [-0.2, -0.15) is 18.3 Å². The van der Waals surface area contributed by atoms with E-state index in [9.17, 15) is 18.0 Å². The van der Waals surface area contributed by atoms with Crippen LogP contribution in [0, 0.1) is 0 Å². The summed E-state index contributed by atoms with van der Waals surface area (Å²) < 4.78 is 38.0. The Morgan fingerprint density at radius 2 is 2.05 bits per heavy atom. The highest BCUT2D eigenvalue weighted by Gasteiger charge is 2.32. The quantitative estimate of drug-likeness (QED) is 0.864. The number of hydrogen-bond donors (Lipinski definition) is 1. The number of rotatable bonds is 2. The Morgan fingerprint density at radius 1 is 1.37 bits per heavy atom. The van der Waals surface area contributed by atoms with Gasteiger partial charge >= 0.3 is 12.1 Å². The SMILES string of the molecule is O=C(O)c1cc(Cl)nc(-n2cc(C(F)(F)F)cn2)c1. The van der Waals surface area contributed by atoms with Gasteiger partial charge in [0, 0.05) is 6.20 Å². The number of pyridine rings is 1. The number of nitrogens with zero attached hydrogens (tertiary/aromatic N) is 3. The lowest BCUT2D eigenvalue weighted by Crippen LogP contribution is -2.05. The van der Waals surface area contributed by atoms with Gasteiger partial charge in [0.15, 0.2) is 5.82 Å². The molecular formula is C10H5ClF3N3O2. The van der Waals surface area contributed by atoms with Gasteiger partial charge in [0.05, 0.1) is 17.3 Å². The third-order valence-corrected chi connectivity index (χ3v) is 2.37. The van der Waals surface area contributed by atoms with Crippen LogP contribution in [0.15, 0.2) is 24.5 Å². The molecule has 0 aliphatic rings. The molecular weight excluding hydrogens is 287 g/mol. The summed E-state index contributed by atoms with van der Waals surface area (Å²) in [7, 11) is 0. The van der Waals surface area contributed by atoms with Crippen LogP contribution < -0.4 is 0 Å². The highest BCUT2D eigenvalue weighted by molar-refractivity contribution is 6.29. The molecule has 0 atom stereocenters. The van der Waals surface area contributed by atoms with Crippen LogP contribution in [0.1, 0.15) is 15.9 Å². The van der Waals surface area contributed by atoms with Gasteiger partial charge in [0.25, 0.3) is 0 Å². The number of carboxylic acids is 1. The first kappa shape index (κ1) is 13.3. The van der Waals surface area contributed by atoms with E-state index in [0.29, 0.717) is 12.4 Å². The van der Waals surface area contributed by atoms with Crippen LogP contribution in [0.3, 0.4) is 0 Å². The summed E-state index contributed by atoms with van der Waals surface area (Å²) >= 11 is 5.60. The first-order chi connectivity index (χ1) is 8.77. The molecule has 0 aliphatic carbocycles. The van der Waals surface area contributed by atoms with Gasteiger partial charge < -0.3 is 5.11 Å². The Bertz CT molecular complexity index is 639. The molecule has 1 N–H and O–H groups in total. The highest BCUT2D eigenvalue weighted by Crippen LogP contribution is 2.29. The number of carbonyl (C=O) groups is 1. The zero-order chi connectivity index (χ0) is 14.2. The molecule has 0 saturated heterocycles. The molecule has 0 saturated carbocycles. The number of alkyl halides is 3. The maximum atomic E-state index is 12.4. The topological polar surface area (TPSA) is 68.0 Å². The van der Waals surface area contributed by atoms with Crippen LogP contribution in [-0.4, -0.2) is 25.8 Å². The first-order valence-electron chi connectivity index (χ1n) is 4.80. The maximum Gasteiger partial charge on any atom is 0.419 e. The molecule has 0 aromatic carbocycles. The molecule has 19 heavy (non-hydrogen) atoms. The van der Waals surface area contributed by atoms with Crippen molar-refractivity contribution in [2.24, 2.45) is 0 Å². The second-order valence-corrected chi connectivity index (χ2v) is 3.90. The van der Waals surface area contributed by atoms with Crippen molar-refractivity contribution in [3.63, 3.8) is 0 Å². The second kappa shape index (κ2) is 4.54. The van der Waals surface area contributed by atoms with Crippen molar-refractivity contribution in [1.82, 2.24) is 14.8 Å². The van der Waals surface area contributed by atoms with Crippen LogP contribution >= 0.6 is 11.6 Å². The van der Waals surface area contributed by atoms with E-state index in [2.05, 4.69) is 10.1 Å². The third-order valence-electron chi connectivity index (χ3n) is 2.17. The molecule has 0 aliphatic heterocycles. The monoisotopic (exact) mass is 291 g/mol. The summed E-state index contributed by atoms with van der Waals surface area (Å²) in [6.07, 6.45) is -3.22. The summed E-state index contributed by atoms with van der Waals surface area (Å²) in [6, 6.07) is 2.16. The maximum absolute atomic E-state index is 12.4. The Hall–Kier alpha value is -2.09. The summed E-state index contributed by atoms with van der Waals surface area (Å²) in [5.74, 6) is -1.38. The van der Waals surface area contributed by atoms with E-state index in [-0.39, 0.29) is 16.5 Å². The minimum absolute atomic E-state index is 0.111. The van der Waals surface area contributed by atoms with Gasteiger partial charge in [-0.3, -0.25) is 0 Å². The molecule has 0 fully saturated rings. The Morgan fingerprint density at radius 3 is 2.58 bits per heavy atom. The van der Waals surface area contributed by atoms with E-state index < -0.39 is 17.7 Å². The number of aromatic nitrogens is 3. The van der Waals surface area contributed by atoms with Gasteiger partial charge in [0.2, 0.25) is 0 Å². The van der Waals surface area contributed by atoms with Gasteiger partial charge in [-0.1, -0.05) is 11.6 Å². The molecule has 0 amide bonds. The van der Waals surface area contributed by atoms with Crippen molar-refractivity contribution >= 4 is 17.6 Å². The average Bonchev–Trinajstić information content (AvgIpc) is 2.76. The van der Waals surface area contributed by atoms with Crippen LogP contribution in [-0.2, 0) is 6.18 Å². The fourth-order valence-corrected chi connectivity index (χ4v) is 1.52. The minimum Gasteiger partial charge on any atom is -0.478 e. The minimum atomic E-state index is -4.54. The van der Waals surface area contributed by atoms with E-state index in [0.717, 1.165) is 16.8 Å². The highest BCUT2D eigenvalue weighted by atomic mass is 35.5. The summed E-state index contributed by atoms with van der Waals surface area (Å²) in [5, 5.41) is 12.1. The van der Waals surface area contributed by atoms with Crippen molar-refractivity contribution in [3.05, 3.63) is 40.8 Å². The molecule has 2 rings (SSSR count). The van der Waals surface area contributed by atoms with Gasteiger partial charge in [0.1, 0.15) is 5.15 Å². The summed E-state index contributed by atoms with van der Waals surface area (Å²) in [4.78, 5) is 14.5. The largest absolute Gasteiger partial charge is 0.478 e. The van der Waals surface area contributed by atoms with Crippen molar-refractivity contribution in [2.75, 3.05) is 0 Å². The number of hydrogen-bond acceptors (Lipinski definition) is 3. The van der Waals surface area contributed by atoms with Gasteiger partial charge in [-0.25, -0.2) is 14.5 Å². The zero-order valence-corrected chi connectivity index (χ0v) is 9.77. The lowest BCUT2D eigenvalue weighted by molar-refractivity contribution is -0.137. The van der Waals surface area contributed by atoms with Crippen molar-refractivity contribution in [2.45, 2.75) is 6.18 Å². The van der Waals surface area contributed by atoms with Crippen molar-refractivity contribution in [1.29, 1.82) is 0 Å². The molecule has 0 bridgehead atoms. The normalized spacial score (nSPS) is 11.6. The fraction of sp³-hybridized carbons (Fsp3) is 0.100. The lowest BCUT2D eigenvalue weighted by Gasteiger charge is -2.03. The molecule has 0 unspecified atom stereocenters. The molecule has 2 aromatic rings. The van der Waals surface area contributed by atoms with Crippen LogP contribution in [0.5, 0.6) is 0 Å². The summed E-state index contributed by atoms with van der Waals surface area (Å²) in [6.45, 7) is 0. The van der Waals surface area contributed by atoms with Crippen LogP contribution in [0.25, 0.3) is 5.82 Å². The molecule has 0 spiro atoms. The number of aromatic carboxylic acids is 1. The van der Waals surface area contributed by atoms with E-state index in [1.54, 1.807) is 0 Å². The van der Waals surface area contributed by atoms with Crippen LogP contribution in [0.2, 0.25) is 5.15 Å². The molecule has 0 radical (unpaired) electrons. The summed E-state index contributed by atoms with van der Waals surface area (Å²) in [5.41, 5.74) is -1.16. The number of halogens is 4. The van der Waals surface area contributed by atoms with E-state index in [1.165, 1.54) is 0 Å². The predicted octanol–water partition coefficient (Wildman–Crippen LogP) is 2.64.